The highest BCUT2D eigenvalue weighted by Crippen LogP contribution is 2.34. The molecule has 0 unspecified atom stereocenters. The summed E-state index contributed by atoms with van der Waals surface area (Å²) in [6.45, 7) is 0.537. The van der Waals surface area contributed by atoms with Gasteiger partial charge in [0.25, 0.3) is 5.56 Å². The lowest BCUT2D eigenvalue weighted by Crippen LogP contribution is -2.20. The standard InChI is InChI=1S/C24H18N4O2S3/c1-27-23(30)21-17(20-8-4-11-31-20)13-32-22(21)26-24(27)33-14-19(29)16-12-28(10-5-9-25)18-7-3-2-6-15(16)18/h2-4,6-8,11-13H,5,10,14H2,1H3. The van der Waals surface area contributed by atoms with Crippen molar-refractivity contribution in [2.75, 3.05) is 5.75 Å². The van der Waals surface area contributed by atoms with Gasteiger partial charge in [-0.15, -0.1) is 22.7 Å². The lowest BCUT2D eigenvalue weighted by molar-refractivity contribution is 0.102. The van der Waals surface area contributed by atoms with Crippen molar-refractivity contribution in [1.82, 2.24) is 14.1 Å². The van der Waals surface area contributed by atoms with E-state index >= 15 is 0 Å². The summed E-state index contributed by atoms with van der Waals surface area (Å²) in [5.41, 5.74) is 2.37. The molecule has 0 atom stereocenters. The number of Topliss-reactive ketones (excluding diaryl/α,β-unsaturated/α-hetero) is 1. The van der Waals surface area contributed by atoms with Crippen LogP contribution in [0.25, 0.3) is 31.6 Å². The van der Waals surface area contributed by atoms with Crippen LogP contribution in [0.5, 0.6) is 0 Å². The molecule has 0 aliphatic rings. The highest BCUT2D eigenvalue weighted by molar-refractivity contribution is 7.99. The highest BCUT2D eigenvalue weighted by Gasteiger charge is 2.19. The van der Waals surface area contributed by atoms with Crippen molar-refractivity contribution < 1.29 is 4.79 Å². The SMILES string of the molecule is Cn1c(SCC(=O)c2cn(CCC#N)c3ccccc23)nc2scc(-c3cccs3)c2c1=O. The molecule has 1 aromatic carbocycles. The van der Waals surface area contributed by atoms with Crippen LogP contribution in [0.15, 0.2) is 63.3 Å². The van der Waals surface area contributed by atoms with Gasteiger partial charge in [0.2, 0.25) is 0 Å². The van der Waals surface area contributed by atoms with Crippen molar-refractivity contribution in [3.63, 3.8) is 0 Å². The number of para-hydroxylation sites is 1. The Labute approximate surface area is 201 Å². The number of carbonyl (C=O) groups is 1. The van der Waals surface area contributed by atoms with Crippen LogP contribution in [0.1, 0.15) is 16.8 Å². The van der Waals surface area contributed by atoms with Gasteiger partial charge >= 0.3 is 0 Å². The number of benzene rings is 1. The molecule has 4 heterocycles. The molecule has 0 spiro atoms. The molecule has 5 rings (SSSR count). The molecule has 9 heteroatoms. The third kappa shape index (κ3) is 3.91. The maximum Gasteiger partial charge on any atom is 0.263 e. The van der Waals surface area contributed by atoms with E-state index in [0.29, 0.717) is 33.9 Å². The molecule has 6 nitrogen and oxygen atoms in total. The van der Waals surface area contributed by atoms with E-state index in [1.807, 2.05) is 57.9 Å². The number of carbonyl (C=O) groups excluding carboxylic acids is 1. The van der Waals surface area contributed by atoms with Crippen LogP contribution < -0.4 is 5.56 Å². The van der Waals surface area contributed by atoms with Gasteiger partial charge < -0.3 is 4.57 Å². The van der Waals surface area contributed by atoms with Crippen LogP contribution in [-0.2, 0) is 13.6 Å². The van der Waals surface area contributed by atoms with Gasteiger partial charge in [-0.1, -0.05) is 36.0 Å². The van der Waals surface area contributed by atoms with E-state index in [0.717, 1.165) is 21.3 Å². The van der Waals surface area contributed by atoms with Crippen LogP contribution in [0.3, 0.4) is 0 Å². The molecule has 0 aliphatic carbocycles. The van der Waals surface area contributed by atoms with Crippen molar-refractivity contribution in [2.24, 2.45) is 7.05 Å². The Balaban J connectivity index is 1.44. The van der Waals surface area contributed by atoms with Crippen LogP contribution >= 0.6 is 34.4 Å². The minimum atomic E-state index is -0.104. The second-order valence-electron chi connectivity index (χ2n) is 7.44. The lowest BCUT2D eigenvalue weighted by atomic mass is 10.1. The molecule has 0 saturated carbocycles. The van der Waals surface area contributed by atoms with Gasteiger partial charge in [0, 0.05) is 52.1 Å². The molecular weight excluding hydrogens is 472 g/mol. The summed E-state index contributed by atoms with van der Waals surface area (Å²) in [6, 6.07) is 13.8. The fourth-order valence-corrected chi connectivity index (χ4v) is 6.49. The first-order valence-electron chi connectivity index (χ1n) is 10.2. The monoisotopic (exact) mass is 490 g/mol. The molecule has 0 saturated heterocycles. The number of aryl methyl sites for hydroxylation is 1. The fraction of sp³-hybridized carbons (Fsp3) is 0.167. The zero-order valence-electron chi connectivity index (χ0n) is 17.6. The normalized spacial score (nSPS) is 11.3. The van der Waals surface area contributed by atoms with E-state index in [1.54, 1.807) is 18.4 Å². The quantitative estimate of drug-likeness (QED) is 0.169. The Bertz CT molecular complexity index is 1590. The van der Waals surface area contributed by atoms with Crippen LogP contribution in [0.2, 0.25) is 0 Å². The van der Waals surface area contributed by atoms with Gasteiger partial charge in [-0.25, -0.2) is 4.98 Å². The fourth-order valence-electron chi connectivity index (χ4n) is 3.83. The number of fused-ring (bicyclic) bond motifs is 2. The Morgan fingerprint density at radius 3 is 2.85 bits per heavy atom. The van der Waals surface area contributed by atoms with Crippen LogP contribution in [0, 0.1) is 11.3 Å². The number of ketones is 1. The largest absolute Gasteiger partial charge is 0.346 e. The third-order valence-electron chi connectivity index (χ3n) is 5.45. The highest BCUT2D eigenvalue weighted by atomic mass is 32.2. The molecule has 4 aromatic heterocycles. The first-order valence-corrected chi connectivity index (χ1v) is 13.0. The molecule has 0 aliphatic heterocycles. The van der Waals surface area contributed by atoms with E-state index in [9.17, 15) is 9.59 Å². The lowest BCUT2D eigenvalue weighted by Gasteiger charge is -2.07. The second-order valence-corrected chi connectivity index (χ2v) is 10.2. The number of thioether (sulfide) groups is 1. The molecule has 33 heavy (non-hydrogen) atoms. The smallest absolute Gasteiger partial charge is 0.263 e. The number of nitriles is 1. The van der Waals surface area contributed by atoms with Crippen molar-refractivity contribution in [3.05, 3.63) is 69.3 Å². The first-order chi connectivity index (χ1) is 16.1. The number of aromatic nitrogens is 3. The van der Waals surface area contributed by atoms with Crippen molar-refractivity contribution in [1.29, 1.82) is 5.26 Å². The van der Waals surface area contributed by atoms with Gasteiger partial charge in [-0.3, -0.25) is 14.2 Å². The molecular formula is C24H18N4O2S3. The molecule has 0 radical (unpaired) electrons. The summed E-state index contributed by atoms with van der Waals surface area (Å²) >= 11 is 4.31. The van der Waals surface area contributed by atoms with E-state index < -0.39 is 0 Å². The molecule has 0 fully saturated rings. The maximum absolute atomic E-state index is 13.1. The van der Waals surface area contributed by atoms with E-state index in [1.165, 1.54) is 27.7 Å². The zero-order valence-corrected chi connectivity index (χ0v) is 20.1. The third-order valence-corrected chi connectivity index (χ3v) is 8.25. The van der Waals surface area contributed by atoms with Gasteiger partial charge in [0.15, 0.2) is 10.9 Å². The predicted octanol–water partition coefficient (Wildman–Crippen LogP) is 5.57. The Kier molecular flexibility index (Phi) is 5.89. The first kappa shape index (κ1) is 21.6. The average molecular weight is 491 g/mol. The molecule has 0 amide bonds. The van der Waals surface area contributed by atoms with E-state index in [2.05, 4.69) is 6.07 Å². The van der Waals surface area contributed by atoms with E-state index in [4.69, 9.17) is 10.2 Å². The number of hydrogen-bond acceptors (Lipinski definition) is 7. The Morgan fingerprint density at radius 2 is 2.06 bits per heavy atom. The molecule has 5 aromatic rings. The topological polar surface area (TPSA) is 80.7 Å². The van der Waals surface area contributed by atoms with Gasteiger partial charge in [0.1, 0.15) is 4.83 Å². The Hall–Kier alpha value is -3.19. The summed E-state index contributed by atoms with van der Waals surface area (Å²) < 4.78 is 3.48. The minimum Gasteiger partial charge on any atom is -0.346 e. The van der Waals surface area contributed by atoms with Crippen molar-refractivity contribution >= 4 is 61.3 Å². The number of nitrogens with zero attached hydrogens (tertiary/aromatic N) is 4. The van der Waals surface area contributed by atoms with Crippen molar-refractivity contribution in [2.45, 2.75) is 18.1 Å². The summed E-state index contributed by atoms with van der Waals surface area (Å²) in [5, 5.41) is 14.9. The summed E-state index contributed by atoms with van der Waals surface area (Å²) in [4.78, 5) is 32.7. The van der Waals surface area contributed by atoms with Gasteiger partial charge in [0.05, 0.1) is 23.6 Å². The van der Waals surface area contributed by atoms with E-state index in [-0.39, 0.29) is 17.1 Å². The average Bonchev–Trinajstić information content (AvgIpc) is 3.57. The molecule has 0 N–H and O–H groups in total. The predicted molar refractivity (Wildman–Crippen MR) is 135 cm³/mol. The second kappa shape index (κ2) is 8.98. The van der Waals surface area contributed by atoms with Crippen LogP contribution in [0.4, 0.5) is 0 Å². The maximum atomic E-state index is 13.1. The zero-order chi connectivity index (χ0) is 22.9. The summed E-state index contributed by atoms with van der Waals surface area (Å²) in [6.07, 6.45) is 2.20. The summed E-state index contributed by atoms with van der Waals surface area (Å²) in [7, 11) is 1.70. The molecule has 0 bridgehead atoms. The Morgan fingerprint density at radius 1 is 1.21 bits per heavy atom. The minimum absolute atomic E-state index is 0.0355. The van der Waals surface area contributed by atoms with Gasteiger partial charge in [-0.05, 0) is 17.5 Å². The van der Waals surface area contributed by atoms with Crippen LogP contribution in [-0.4, -0.2) is 25.7 Å². The molecule has 164 valence electrons. The number of rotatable bonds is 7. The number of thiophene rings is 2. The van der Waals surface area contributed by atoms with Crippen molar-refractivity contribution in [3.8, 4) is 16.5 Å². The summed E-state index contributed by atoms with van der Waals surface area (Å²) in [5.74, 6) is 0.132. The number of hydrogen-bond donors (Lipinski definition) is 0. The van der Waals surface area contributed by atoms with Gasteiger partial charge in [-0.2, -0.15) is 5.26 Å².